The van der Waals surface area contributed by atoms with Crippen molar-refractivity contribution < 1.29 is 5.11 Å². The third-order valence-electron chi connectivity index (χ3n) is 4.43. The van der Waals surface area contributed by atoms with Crippen LogP contribution in [-0.4, -0.2) is 35.2 Å². The smallest absolute Gasteiger partial charge is 0.0586 e. The maximum absolute atomic E-state index is 9.55. The first-order valence-corrected chi connectivity index (χ1v) is 7.28. The van der Waals surface area contributed by atoms with Crippen molar-refractivity contribution in [3.8, 4) is 0 Å². The molecular weight excluding hydrogens is 198 g/mol. The van der Waals surface area contributed by atoms with E-state index in [0.717, 1.165) is 6.04 Å². The standard InChI is InChI=1S/C14H27NO/c16-12-14-10-6-3-7-11-15(14)13-8-4-1-2-5-9-13/h13-14,16H,1-12H2. The van der Waals surface area contributed by atoms with Crippen LogP contribution in [0, 0.1) is 0 Å². The van der Waals surface area contributed by atoms with Crippen molar-refractivity contribution in [2.24, 2.45) is 0 Å². The number of hydrogen-bond acceptors (Lipinski definition) is 2. The molecule has 0 bridgehead atoms. The highest BCUT2D eigenvalue weighted by molar-refractivity contribution is 4.82. The second kappa shape index (κ2) is 6.61. The van der Waals surface area contributed by atoms with Gasteiger partial charge in [-0.1, -0.05) is 38.5 Å². The highest BCUT2D eigenvalue weighted by Crippen LogP contribution is 2.27. The summed E-state index contributed by atoms with van der Waals surface area (Å²) in [6.45, 7) is 1.60. The average Bonchev–Trinajstić information content (AvgIpc) is 2.70. The summed E-state index contributed by atoms with van der Waals surface area (Å²) in [7, 11) is 0. The second-order valence-corrected chi connectivity index (χ2v) is 5.57. The molecule has 1 unspecified atom stereocenters. The van der Waals surface area contributed by atoms with Gasteiger partial charge in [-0.25, -0.2) is 0 Å². The summed E-state index contributed by atoms with van der Waals surface area (Å²) < 4.78 is 0. The summed E-state index contributed by atoms with van der Waals surface area (Å²) in [5.41, 5.74) is 0. The summed E-state index contributed by atoms with van der Waals surface area (Å²) in [5.74, 6) is 0. The molecule has 0 aromatic heterocycles. The number of aliphatic hydroxyl groups excluding tert-OH is 1. The van der Waals surface area contributed by atoms with Gasteiger partial charge in [0.1, 0.15) is 0 Å². The lowest BCUT2D eigenvalue weighted by atomic mass is 10.0. The Morgan fingerprint density at radius 3 is 2.12 bits per heavy atom. The van der Waals surface area contributed by atoms with Gasteiger partial charge in [-0.15, -0.1) is 0 Å². The zero-order valence-electron chi connectivity index (χ0n) is 10.5. The lowest BCUT2D eigenvalue weighted by molar-refractivity contribution is 0.0772. The molecule has 1 atom stereocenters. The molecule has 1 heterocycles. The Kier molecular flexibility index (Phi) is 5.11. The van der Waals surface area contributed by atoms with Gasteiger partial charge in [-0.2, -0.15) is 0 Å². The Morgan fingerprint density at radius 2 is 1.44 bits per heavy atom. The largest absolute Gasteiger partial charge is 0.395 e. The zero-order chi connectivity index (χ0) is 11.2. The van der Waals surface area contributed by atoms with E-state index >= 15 is 0 Å². The number of aliphatic hydroxyl groups is 1. The van der Waals surface area contributed by atoms with Gasteiger partial charge in [-0.05, 0) is 32.2 Å². The maximum atomic E-state index is 9.55. The van der Waals surface area contributed by atoms with Gasteiger partial charge in [0.25, 0.3) is 0 Å². The minimum Gasteiger partial charge on any atom is -0.395 e. The number of hydrogen-bond donors (Lipinski definition) is 1. The van der Waals surface area contributed by atoms with E-state index in [9.17, 15) is 5.11 Å². The van der Waals surface area contributed by atoms with Crippen LogP contribution in [0.25, 0.3) is 0 Å². The van der Waals surface area contributed by atoms with Crippen LogP contribution in [0.1, 0.15) is 64.2 Å². The van der Waals surface area contributed by atoms with Gasteiger partial charge in [0, 0.05) is 12.1 Å². The van der Waals surface area contributed by atoms with E-state index in [1.54, 1.807) is 0 Å². The Balaban J connectivity index is 1.96. The molecule has 1 aliphatic heterocycles. The summed E-state index contributed by atoms with van der Waals surface area (Å²) >= 11 is 0. The van der Waals surface area contributed by atoms with Crippen LogP contribution in [0.15, 0.2) is 0 Å². The van der Waals surface area contributed by atoms with Crippen molar-refractivity contribution in [2.45, 2.75) is 76.3 Å². The van der Waals surface area contributed by atoms with Crippen molar-refractivity contribution in [1.82, 2.24) is 4.90 Å². The Bertz CT molecular complexity index is 187. The zero-order valence-corrected chi connectivity index (χ0v) is 10.5. The quantitative estimate of drug-likeness (QED) is 0.730. The van der Waals surface area contributed by atoms with E-state index in [-0.39, 0.29) is 0 Å². The van der Waals surface area contributed by atoms with Crippen LogP contribution < -0.4 is 0 Å². The van der Waals surface area contributed by atoms with E-state index in [1.807, 2.05) is 0 Å². The van der Waals surface area contributed by atoms with Crippen LogP contribution in [0.5, 0.6) is 0 Å². The molecule has 2 nitrogen and oxygen atoms in total. The molecule has 1 N–H and O–H groups in total. The molecule has 0 amide bonds. The van der Waals surface area contributed by atoms with E-state index in [0.29, 0.717) is 12.6 Å². The van der Waals surface area contributed by atoms with Gasteiger partial charge in [-0.3, -0.25) is 4.90 Å². The first kappa shape index (κ1) is 12.4. The van der Waals surface area contributed by atoms with Crippen LogP contribution >= 0.6 is 0 Å². The number of nitrogens with zero attached hydrogens (tertiary/aromatic N) is 1. The molecule has 1 saturated carbocycles. The second-order valence-electron chi connectivity index (χ2n) is 5.57. The van der Waals surface area contributed by atoms with Gasteiger partial charge in [0.2, 0.25) is 0 Å². The Labute approximate surface area is 100 Å². The molecule has 2 aliphatic rings. The molecule has 0 aromatic carbocycles. The van der Waals surface area contributed by atoms with Gasteiger partial charge >= 0.3 is 0 Å². The van der Waals surface area contributed by atoms with Crippen LogP contribution in [0.2, 0.25) is 0 Å². The molecule has 2 fully saturated rings. The fraction of sp³-hybridized carbons (Fsp3) is 1.00. The fourth-order valence-electron chi connectivity index (χ4n) is 3.47. The van der Waals surface area contributed by atoms with Gasteiger partial charge in [0.15, 0.2) is 0 Å². The molecule has 2 rings (SSSR count). The molecule has 1 saturated heterocycles. The van der Waals surface area contributed by atoms with Crippen molar-refractivity contribution in [3.63, 3.8) is 0 Å². The topological polar surface area (TPSA) is 23.5 Å². The molecular formula is C14H27NO. The highest BCUT2D eigenvalue weighted by atomic mass is 16.3. The molecule has 94 valence electrons. The van der Waals surface area contributed by atoms with Gasteiger partial charge in [0.05, 0.1) is 6.61 Å². The summed E-state index contributed by atoms with van der Waals surface area (Å²) in [6.07, 6.45) is 13.6. The monoisotopic (exact) mass is 225 g/mol. The molecule has 0 radical (unpaired) electrons. The average molecular weight is 225 g/mol. The van der Waals surface area contributed by atoms with Crippen molar-refractivity contribution in [3.05, 3.63) is 0 Å². The maximum Gasteiger partial charge on any atom is 0.0586 e. The van der Waals surface area contributed by atoms with Crippen LogP contribution in [0.3, 0.4) is 0 Å². The minimum absolute atomic E-state index is 0.372. The van der Waals surface area contributed by atoms with E-state index in [1.165, 1.54) is 70.8 Å². The predicted octanol–water partition coefficient (Wildman–Crippen LogP) is 2.95. The first-order valence-electron chi connectivity index (χ1n) is 7.28. The normalized spacial score (nSPS) is 30.9. The Morgan fingerprint density at radius 1 is 0.812 bits per heavy atom. The molecule has 16 heavy (non-hydrogen) atoms. The van der Waals surface area contributed by atoms with Crippen molar-refractivity contribution in [1.29, 1.82) is 0 Å². The summed E-state index contributed by atoms with van der Waals surface area (Å²) in [5, 5.41) is 9.55. The summed E-state index contributed by atoms with van der Waals surface area (Å²) in [6, 6.07) is 1.24. The number of rotatable bonds is 2. The highest BCUT2D eigenvalue weighted by Gasteiger charge is 2.27. The number of likely N-dealkylation sites (tertiary alicyclic amines) is 1. The third kappa shape index (κ3) is 3.21. The lowest BCUT2D eigenvalue weighted by Gasteiger charge is -2.35. The molecule has 2 heteroatoms. The van der Waals surface area contributed by atoms with Gasteiger partial charge < -0.3 is 5.11 Å². The molecule has 1 aliphatic carbocycles. The predicted molar refractivity (Wildman–Crippen MR) is 67.5 cm³/mol. The Hall–Kier alpha value is -0.0800. The van der Waals surface area contributed by atoms with E-state index in [4.69, 9.17) is 0 Å². The van der Waals surface area contributed by atoms with E-state index < -0.39 is 0 Å². The van der Waals surface area contributed by atoms with Crippen molar-refractivity contribution in [2.75, 3.05) is 13.2 Å². The first-order chi connectivity index (χ1) is 7.92. The van der Waals surface area contributed by atoms with Crippen LogP contribution in [0.4, 0.5) is 0 Å². The van der Waals surface area contributed by atoms with E-state index in [2.05, 4.69) is 4.90 Å². The van der Waals surface area contributed by atoms with Crippen LogP contribution in [-0.2, 0) is 0 Å². The van der Waals surface area contributed by atoms with Crippen molar-refractivity contribution >= 4 is 0 Å². The minimum atomic E-state index is 0.372. The molecule has 0 spiro atoms. The SMILES string of the molecule is OCC1CCCCCN1C1CCCCCC1. The lowest BCUT2D eigenvalue weighted by Crippen LogP contribution is -2.44. The molecule has 0 aromatic rings. The third-order valence-corrected chi connectivity index (χ3v) is 4.43. The fourth-order valence-corrected chi connectivity index (χ4v) is 3.47. The summed E-state index contributed by atoms with van der Waals surface area (Å²) in [4.78, 5) is 2.65.